The Morgan fingerprint density at radius 2 is 0.700 bits per heavy atom. The van der Waals surface area contributed by atoms with Crippen LogP contribution in [-0.4, -0.2) is 70.0 Å². The summed E-state index contributed by atoms with van der Waals surface area (Å²) >= 11 is 0. The third-order valence-corrected chi connectivity index (χ3v) is 14.1. The summed E-state index contributed by atoms with van der Waals surface area (Å²) in [5, 5.41) is 0. The van der Waals surface area contributed by atoms with Gasteiger partial charge in [-0.05, 0) is 96.3 Å². The molecule has 2 atom stereocenters. The van der Waals surface area contributed by atoms with Crippen LogP contribution in [0.3, 0.4) is 0 Å². The molecule has 0 saturated carbocycles. The number of ether oxygens (including phenoxy) is 2. The van der Waals surface area contributed by atoms with Crippen molar-refractivity contribution in [1.29, 1.82) is 0 Å². The first-order valence-electron chi connectivity index (χ1n) is 31.9. The fourth-order valence-corrected chi connectivity index (χ4v) is 9.09. The van der Waals surface area contributed by atoms with Crippen molar-refractivity contribution in [2.75, 3.05) is 47.5 Å². The molecule has 0 aliphatic rings. The Labute approximate surface area is 491 Å². The van der Waals surface area contributed by atoms with Gasteiger partial charge in [0.1, 0.15) is 19.8 Å². The molecule has 0 N–H and O–H groups in total. The Hall–Kier alpha value is -3.85. The van der Waals surface area contributed by atoms with Crippen LogP contribution in [0.1, 0.15) is 245 Å². The fraction of sp³-hybridized carbons (Fsp3) is 0.657. The van der Waals surface area contributed by atoms with Crippen molar-refractivity contribution in [3.63, 3.8) is 0 Å². The molecule has 0 aliphatic carbocycles. The summed E-state index contributed by atoms with van der Waals surface area (Å²) in [5.74, 6) is -0.933. The molecule has 0 fully saturated rings. The van der Waals surface area contributed by atoms with Crippen LogP contribution in [0.5, 0.6) is 0 Å². The molecule has 0 aliphatic heterocycles. The lowest BCUT2D eigenvalue weighted by molar-refractivity contribution is -0.870. The number of quaternary nitrogens is 1. The van der Waals surface area contributed by atoms with Crippen LogP contribution in [0, 0.1) is 0 Å². The van der Waals surface area contributed by atoms with Gasteiger partial charge in [0.25, 0.3) is 7.82 Å². The molecule has 0 aromatic carbocycles. The lowest BCUT2D eigenvalue weighted by atomic mass is 10.0. The van der Waals surface area contributed by atoms with Gasteiger partial charge in [0.2, 0.25) is 0 Å². The van der Waals surface area contributed by atoms with Crippen molar-refractivity contribution in [3.8, 4) is 0 Å². The third-order valence-electron chi connectivity index (χ3n) is 13.2. The van der Waals surface area contributed by atoms with E-state index in [1.807, 2.05) is 33.3 Å². The van der Waals surface area contributed by atoms with Gasteiger partial charge in [-0.25, -0.2) is 0 Å². The summed E-state index contributed by atoms with van der Waals surface area (Å²) in [4.78, 5) is 37.9. The summed E-state index contributed by atoms with van der Waals surface area (Å²) in [6.07, 6.45) is 86.9. The van der Waals surface area contributed by atoms with E-state index >= 15 is 0 Å². The molecule has 456 valence electrons. The summed E-state index contributed by atoms with van der Waals surface area (Å²) in [7, 11) is 1.11. The van der Waals surface area contributed by atoms with Crippen LogP contribution in [-0.2, 0) is 32.7 Å². The Morgan fingerprint density at radius 3 is 1.05 bits per heavy atom. The van der Waals surface area contributed by atoms with Gasteiger partial charge in [-0.3, -0.25) is 14.2 Å². The SMILES string of the molecule is CC/C=C\C/C=C\C/C=C\C/C=C\C/C=C\C/C=C\CCC(=O)OC(COC(=O)CCCCCCCCCCCCCCCCCCCCCCC/C=C\C/C=C\C/C=C\C/C=C\C/C=C\CC)COP(=O)([O-])OCC[N+](C)(C)C. The largest absolute Gasteiger partial charge is 0.756 e. The minimum absolute atomic E-state index is 0.0495. The summed E-state index contributed by atoms with van der Waals surface area (Å²) in [5.41, 5.74) is 0. The molecular formula is C70H118NO8P. The summed E-state index contributed by atoms with van der Waals surface area (Å²) in [6.45, 7) is 3.92. The summed E-state index contributed by atoms with van der Waals surface area (Å²) < 4.78 is 34.1. The van der Waals surface area contributed by atoms with Gasteiger partial charge < -0.3 is 27.9 Å². The molecule has 0 heterocycles. The van der Waals surface area contributed by atoms with Crippen molar-refractivity contribution in [2.45, 2.75) is 251 Å². The van der Waals surface area contributed by atoms with E-state index in [0.717, 1.165) is 89.9 Å². The van der Waals surface area contributed by atoms with Crippen LogP contribution >= 0.6 is 7.82 Å². The van der Waals surface area contributed by atoms with Crippen molar-refractivity contribution in [3.05, 3.63) is 134 Å². The molecule has 0 spiro atoms. The van der Waals surface area contributed by atoms with Crippen molar-refractivity contribution in [1.82, 2.24) is 0 Å². The molecule has 0 amide bonds. The first-order valence-corrected chi connectivity index (χ1v) is 33.4. The highest BCUT2D eigenvalue weighted by atomic mass is 31.2. The maximum atomic E-state index is 12.8. The number of carbonyl (C=O) groups excluding carboxylic acids is 2. The third kappa shape index (κ3) is 63.3. The van der Waals surface area contributed by atoms with Crippen LogP contribution in [0.4, 0.5) is 0 Å². The molecule has 10 heteroatoms. The van der Waals surface area contributed by atoms with Gasteiger partial charge in [-0.2, -0.15) is 0 Å². The average molecular weight is 1130 g/mol. The van der Waals surface area contributed by atoms with E-state index in [1.54, 1.807) is 0 Å². The predicted molar refractivity (Wildman–Crippen MR) is 341 cm³/mol. The smallest absolute Gasteiger partial charge is 0.306 e. The zero-order chi connectivity index (χ0) is 58.4. The minimum Gasteiger partial charge on any atom is -0.756 e. The number of likely N-dealkylation sites (N-methyl/N-ethyl adjacent to an activating group) is 1. The number of phosphoric acid groups is 1. The quantitative estimate of drug-likeness (QED) is 0.0195. The number of phosphoric ester groups is 1. The maximum absolute atomic E-state index is 12.8. The number of hydrogen-bond donors (Lipinski definition) is 0. The van der Waals surface area contributed by atoms with Crippen molar-refractivity contribution in [2.24, 2.45) is 0 Å². The lowest BCUT2D eigenvalue weighted by Crippen LogP contribution is -2.37. The molecule has 0 bridgehead atoms. The first kappa shape index (κ1) is 76.1. The zero-order valence-electron chi connectivity index (χ0n) is 51.7. The first-order chi connectivity index (χ1) is 39.0. The topological polar surface area (TPSA) is 111 Å². The fourth-order valence-electron chi connectivity index (χ4n) is 8.36. The Bertz CT molecular complexity index is 1810. The predicted octanol–water partition coefficient (Wildman–Crippen LogP) is 19.9. The second kappa shape index (κ2) is 59.8. The van der Waals surface area contributed by atoms with Crippen LogP contribution in [0.15, 0.2) is 134 Å². The van der Waals surface area contributed by atoms with Crippen LogP contribution in [0.2, 0.25) is 0 Å². The number of esters is 2. The van der Waals surface area contributed by atoms with E-state index in [9.17, 15) is 19.0 Å². The Kier molecular flexibility index (Phi) is 56.9. The number of allylic oxidation sites excluding steroid dienone is 22. The van der Waals surface area contributed by atoms with Crippen molar-refractivity contribution >= 4 is 19.8 Å². The number of rotatable bonds is 57. The number of hydrogen-bond acceptors (Lipinski definition) is 8. The van der Waals surface area contributed by atoms with E-state index in [-0.39, 0.29) is 26.1 Å². The van der Waals surface area contributed by atoms with Gasteiger partial charge in [0.15, 0.2) is 6.10 Å². The highest BCUT2D eigenvalue weighted by Crippen LogP contribution is 2.38. The Balaban J connectivity index is 4.06. The molecule has 2 unspecified atom stereocenters. The molecule has 0 radical (unpaired) electrons. The lowest BCUT2D eigenvalue weighted by Gasteiger charge is -2.28. The average Bonchev–Trinajstić information content (AvgIpc) is 3.42. The van der Waals surface area contributed by atoms with Gasteiger partial charge in [-0.15, -0.1) is 0 Å². The number of nitrogens with zero attached hydrogens (tertiary/aromatic N) is 1. The van der Waals surface area contributed by atoms with E-state index in [1.165, 1.54) is 122 Å². The molecule has 0 rings (SSSR count). The van der Waals surface area contributed by atoms with E-state index in [4.69, 9.17) is 18.5 Å². The van der Waals surface area contributed by atoms with Crippen molar-refractivity contribution < 1.29 is 42.1 Å². The molecular weight excluding hydrogens is 1010 g/mol. The van der Waals surface area contributed by atoms with E-state index in [0.29, 0.717) is 17.4 Å². The van der Waals surface area contributed by atoms with Gasteiger partial charge >= 0.3 is 11.9 Å². The minimum atomic E-state index is -4.66. The normalized spacial score (nSPS) is 14.1. The summed E-state index contributed by atoms with van der Waals surface area (Å²) in [6, 6.07) is 0. The molecule has 80 heavy (non-hydrogen) atoms. The molecule has 0 saturated heterocycles. The van der Waals surface area contributed by atoms with E-state index in [2.05, 4.69) is 135 Å². The highest BCUT2D eigenvalue weighted by Gasteiger charge is 2.21. The molecule has 9 nitrogen and oxygen atoms in total. The van der Waals surface area contributed by atoms with Crippen LogP contribution in [0.25, 0.3) is 0 Å². The molecule has 0 aromatic rings. The van der Waals surface area contributed by atoms with Gasteiger partial charge in [0, 0.05) is 12.8 Å². The monoisotopic (exact) mass is 1130 g/mol. The van der Waals surface area contributed by atoms with Gasteiger partial charge in [-0.1, -0.05) is 270 Å². The van der Waals surface area contributed by atoms with Crippen LogP contribution < -0.4 is 4.89 Å². The van der Waals surface area contributed by atoms with E-state index < -0.39 is 32.5 Å². The second-order valence-electron chi connectivity index (χ2n) is 22.0. The standard InChI is InChI=1S/C70H118NO8P/c1-6-8-10-12-14-16-18-20-22-24-26-27-28-29-30-31-32-33-34-35-36-37-38-39-40-41-42-43-45-46-48-50-52-54-56-58-60-62-69(72)76-66-68(67-78-80(74,75)77-65-64-71(3,4)5)79-70(73)63-61-59-57-55-53-51-49-47-44-25-23-21-19-17-15-13-11-9-7-2/h8-11,14-17,20-23,26-27,29-30,44,47,51,53,57,59,68H,6-7,12-13,18-19,24-25,28,31-43,45-46,48-50,52,54-56,58,60-67H2,1-5H3/b10-8-,11-9-,16-14-,17-15-,22-20-,23-21-,27-26-,30-29-,47-44-,53-51-,59-57-. The van der Waals surface area contributed by atoms with Gasteiger partial charge in [0.05, 0.1) is 27.7 Å². The maximum Gasteiger partial charge on any atom is 0.306 e. The number of unbranched alkanes of at least 4 members (excludes halogenated alkanes) is 21. The Morgan fingerprint density at radius 1 is 0.388 bits per heavy atom. The second-order valence-corrected chi connectivity index (χ2v) is 23.4. The highest BCUT2D eigenvalue weighted by molar-refractivity contribution is 7.45. The molecule has 0 aromatic heterocycles. The number of carbonyl (C=O) groups is 2. The zero-order valence-corrected chi connectivity index (χ0v) is 52.6.